The maximum absolute atomic E-state index is 6.02. The summed E-state index contributed by atoms with van der Waals surface area (Å²) in [6.45, 7) is 3.11. The molecule has 0 heterocycles. The molecule has 152 valence electrons. The molecule has 0 aliphatic rings. The van der Waals surface area contributed by atoms with Crippen molar-refractivity contribution in [3.8, 4) is 23.0 Å². The minimum Gasteiger partial charge on any atom is -0.496 e. The molecule has 8 heteroatoms. The molecule has 0 saturated carbocycles. The van der Waals surface area contributed by atoms with Gasteiger partial charge in [-0.2, -0.15) is 0 Å². The van der Waals surface area contributed by atoms with Gasteiger partial charge in [0.2, 0.25) is 5.75 Å². The van der Waals surface area contributed by atoms with Crippen LogP contribution >= 0.6 is 11.6 Å². The van der Waals surface area contributed by atoms with Gasteiger partial charge in [0.25, 0.3) is 0 Å². The molecule has 2 aromatic carbocycles. The minimum atomic E-state index is 0.417. The largest absolute Gasteiger partial charge is 0.496 e. The zero-order valence-electron chi connectivity index (χ0n) is 16.8. The van der Waals surface area contributed by atoms with Crippen molar-refractivity contribution in [3.05, 3.63) is 40.9 Å². The molecule has 28 heavy (non-hydrogen) atoms. The van der Waals surface area contributed by atoms with E-state index in [0.717, 1.165) is 11.3 Å². The van der Waals surface area contributed by atoms with Crippen molar-refractivity contribution in [3.63, 3.8) is 0 Å². The number of ether oxygens (including phenoxy) is 4. The van der Waals surface area contributed by atoms with Crippen LogP contribution in [0.25, 0.3) is 0 Å². The van der Waals surface area contributed by atoms with Gasteiger partial charge in [-0.1, -0.05) is 17.7 Å². The van der Waals surface area contributed by atoms with Crippen molar-refractivity contribution in [1.29, 1.82) is 0 Å². The average Bonchev–Trinajstić information content (AvgIpc) is 2.71. The maximum Gasteiger partial charge on any atom is 0.203 e. The normalized spacial score (nSPS) is 11.0. The van der Waals surface area contributed by atoms with E-state index in [1.54, 1.807) is 34.5 Å². The lowest BCUT2D eigenvalue weighted by Gasteiger charge is -2.16. The fraction of sp³-hybridized carbons (Fsp3) is 0.350. The maximum atomic E-state index is 6.02. The highest BCUT2D eigenvalue weighted by Crippen LogP contribution is 2.39. The highest BCUT2D eigenvalue weighted by atomic mass is 35.5. The van der Waals surface area contributed by atoms with Gasteiger partial charge in [0.1, 0.15) is 5.75 Å². The first-order valence-corrected chi connectivity index (χ1v) is 9.11. The van der Waals surface area contributed by atoms with Crippen LogP contribution in [0.4, 0.5) is 5.69 Å². The van der Waals surface area contributed by atoms with E-state index in [9.17, 15) is 0 Å². The third-order valence-corrected chi connectivity index (χ3v) is 4.16. The molecule has 2 N–H and O–H groups in total. The van der Waals surface area contributed by atoms with Crippen molar-refractivity contribution >= 4 is 23.2 Å². The van der Waals surface area contributed by atoms with Crippen LogP contribution in [-0.4, -0.2) is 40.9 Å². The van der Waals surface area contributed by atoms with E-state index in [1.165, 1.54) is 0 Å². The number of rotatable bonds is 8. The molecule has 0 amide bonds. The summed E-state index contributed by atoms with van der Waals surface area (Å²) in [6.07, 6.45) is 0. The molecular formula is C20H26ClN3O4. The van der Waals surface area contributed by atoms with Gasteiger partial charge >= 0.3 is 0 Å². The van der Waals surface area contributed by atoms with Gasteiger partial charge in [-0.05, 0) is 19.1 Å². The highest BCUT2D eigenvalue weighted by molar-refractivity contribution is 6.30. The molecule has 0 radical (unpaired) electrons. The van der Waals surface area contributed by atoms with E-state index < -0.39 is 0 Å². The first-order valence-electron chi connectivity index (χ1n) is 8.74. The van der Waals surface area contributed by atoms with Crippen molar-refractivity contribution in [2.75, 3.05) is 40.3 Å². The molecule has 0 bridgehead atoms. The number of benzene rings is 2. The summed E-state index contributed by atoms with van der Waals surface area (Å²) in [5.41, 5.74) is 1.67. The average molecular weight is 408 g/mol. The summed E-state index contributed by atoms with van der Waals surface area (Å²) in [4.78, 5) is 4.63. The van der Waals surface area contributed by atoms with E-state index in [-0.39, 0.29) is 0 Å². The number of guanidine groups is 1. The summed E-state index contributed by atoms with van der Waals surface area (Å²) in [5, 5.41) is 7.09. The van der Waals surface area contributed by atoms with Gasteiger partial charge in [-0.25, -0.2) is 4.99 Å². The Morgan fingerprint density at radius 2 is 1.57 bits per heavy atom. The molecule has 0 saturated heterocycles. The summed E-state index contributed by atoms with van der Waals surface area (Å²) in [7, 11) is 6.33. The van der Waals surface area contributed by atoms with Gasteiger partial charge in [0, 0.05) is 35.0 Å². The topological polar surface area (TPSA) is 73.3 Å². The Hall–Kier alpha value is -2.80. The second-order valence-electron chi connectivity index (χ2n) is 5.69. The molecule has 0 atom stereocenters. The molecular weight excluding hydrogens is 382 g/mol. The molecule has 0 aliphatic carbocycles. The van der Waals surface area contributed by atoms with Gasteiger partial charge in [-0.3, -0.25) is 0 Å². The smallest absolute Gasteiger partial charge is 0.203 e. The van der Waals surface area contributed by atoms with E-state index in [1.807, 2.05) is 31.2 Å². The number of hydrogen-bond donors (Lipinski definition) is 2. The minimum absolute atomic E-state index is 0.417. The third-order valence-electron chi connectivity index (χ3n) is 3.93. The predicted molar refractivity (Wildman–Crippen MR) is 113 cm³/mol. The van der Waals surface area contributed by atoms with Gasteiger partial charge in [-0.15, -0.1) is 0 Å². The van der Waals surface area contributed by atoms with E-state index in [4.69, 9.17) is 30.5 Å². The SMILES string of the molecule is CCNC(=NCc1ccc(Cl)cc1OC)Nc1cc(OC)c(OC)c(OC)c1. The Balaban J connectivity index is 2.28. The van der Waals surface area contributed by atoms with E-state index in [0.29, 0.717) is 47.1 Å². The van der Waals surface area contributed by atoms with Crippen LogP contribution in [0.2, 0.25) is 5.02 Å². The molecule has 2 rings (SSSR count). The molecule has 0 aromatic heterocycles. The quantitative estimate of drug-likeness (QED) is 0.510. The van der Waals surface area contributed by atoms with Crippen LogP contribution in [0.1, 0.15) is 12.5 Å². The zero-order valence-corrected chi connectivity index (χ0v) is 17.5. The lowest BCUT2D eigenvalue weighted by molar-refractivity contribution is 0.324. The molecule has 2 aromatic rings. The van der Waals surface area contributed by atoms with Gasteiger partial charge in [0.15, 0.2) is 17.5 Å². The Labute approximate surface area is 170 Å². The Morgan fingerprint density at radius 3 is 2.11 bits per heavy atom. The van der Waals surface area contributed by atoms with Gasteiger partial charge in [0.05, 0.1) is 35.0 Å². The van der Waals surface area contributed by atoms with Crippen LogP contribution in [0.15, 0.2) is 35.3 Å². The standard InChI is InChI=1S/C20H26ClN3O4/c1-6-22-20(23-12-13-7-8-14(21)9-16(13)25-2)24-15-10-17(26-3)19(28-5)18(11-15)27-4/h7-11H,6,12H2,1-5H3,(H2,22,23,24). The number of hydrogen-bond acceptors (Lipinski definition) is 5. The van der Waals surface area contributed by atoms with Crippen LogP contribution < -0.4 is 29.6 Å². The van der Waals surface area contributed by atoms with Crippen molar-refractivity contribution in [1.82, 2.24) is 5.32 Å². The van der Waals surface area contributed by atoms with Crippen LogP contribution in [0.5, 0.6) is 23.0 Å². The van der Waals surface area contributed by atoms with Gasteiger partial charge < -0.3 is 29.6 Å². The highest BCUT2D eigenvalue weighted by Gasteiger charge is 2.14. The second-order valence-corrected chi connectivity index (χ2v) is 6.13. The summed E-state index contributed by atoms with van der Waals surface area (Å²) in [6, 6.07) is 9.11. The first kappa shape index (κ1) is 21.5. The van der Waals surface area contributed by atoms with Crippen LogP contribution in [0.3, 0.4) is 0 Å². The number of anilines is 1. The lowest BCUT2D eigenvalue weighted by atomic mass is 10.2. The third kappa shape index (κ3) is 5.36. The molecule has 0 fully saturated rings. The molecule has 7 nitrogen and oxygen atoms in total. The molecule has 0 spiro atoms. The fourth-order valence-electron chi connectivity index (χ4n) is 2.61. The first-order chi connectivity index (χ1) is 13.6. The van der Waals surface area contributed by atoms with Crippen LogP contribution in [0, 0.1) is 0 Å². The molecule has 0 aliphatic heterocycles. The van der Waals surface area contributed by atoms with E-state index in [2.05, 4.69) is 15.6 Å². The Bertz CT molecular complexity index is 802. The predicted octanol–water partition coefficient (Wildman–Crippen LogP) is 3.95. The number of nitrogens with zero attached hydrogens (tertiary/aromatic N) is 1. The summed E-state index contributed by atoms with van der Waals surface area (Å²) < 4.78 is 21.5. The number of halogens is 1. The summed E-state index contributed by atoms with van der Waals surface area (Å²) in [5.74, 6) is 2.94. The molecule has 0 unspecified atom stereocenters. The van der Waals surface area contributed by atoms with E-state index >= 15 is 0 Å². The summed E-state index contributed by atoms with van der Waals surface area (Å²) >= 11 is 6.02. The van der Waals surface area contributed by atoms with Crippen molar-refractivity contribution in [2.24, 2.45) is 4.99 Å². The number of methoxy groups -OCH3 is 4. The van der Waals surface area contributed by atoms with Crippen LogP contribution in [-0.2, 0) is 6.54 Å². The zero-order chi connectivity index (χ0) is 20.5. The number of aliphatic imine (C=N–C) groups is 1. The number of nitrogens with one attached hydrogen (secondary N) is 2. The van der Waals surface area contributed by atoms with Crippen molar-refractivity contribution < 1.29 is 18.9 Å². The monoisotopic (exact) mass is 407 g/mol. The van der Waals surface area contributed by atoms with Crippen molar-refractivity contribution in [2.45, 2.75) is 13.5 Å². The Morgan fingerprint density at radius 1 is 0.929 bits per heavy atom. The fourth-order valence-corrected chi connectivity index (χ4v) is 2.77. The lowest BCUT2D eigenvalue weighted by Crippen LogP contribution is -2.30. The second kappa shape index (κ2) is 10.5. The Kier molecular flexibility index (Phi) is 8.07.